The molecule has 0 aromatic heterocycles. The molecule has 0 aliphatic heterocycles. The van der Waals surface area contributed by atoms with E-state index in [1.54, 1.807) is 24.4 Å². The SMILES string of the molecule is CO[NH2+]c1cc(SC)ccc1C. The van der Waals surface area contributed by atoms with Gasteiger partial charge in [-0.1, -0.05) is 6.07 Å². The van der Waals surface area contributed by atoms with Gasteiger partial charge in [0, 0.05) is 16.5 Å². The highest BCUT2D eigenvalue weighted by Gasteiger charge is 2.02. The number of aryl methyl sites for hydroxylation is 1. The van der Waals surface area contributed by atoms with Crippen molar-refractivity contribution < 1.29 is 10.3 Å². The van der Waals surface area contributed by atoms with Gasteiger partial charge in [0.2, 0.25) is 0 Å². The maximum Gasteiger partial charge on any atom is 0.165 e. The summed E-state index contributed by atoms with van der Waals surface area (Å²) in [5.41, 5.74) is 4.17. The van der Waals surface area contributed by atoms with Crippen LogP contribution in [-0.2, 0) is 4.84 Å². The predicted molar refractivity (Wildman–Crippen MR) is 51.6 cm³/mol. The topological polar surface area (TPSA) is 25.8 Å². The molecule has 0 unspecified atom stereocenters. The van der Waals surface area contributed by atoms with Crippen molar-refractivity contribution in [1.82, 2.24) is 0 Å². The lowest BCUT2D eigenvalue weighted by atomic mass is 10.2. The molecule has 1 aromatic rings. The number of rotatable bonds is 3. The lowest BCUT2D eigenvalue weighted by Crippen LogP contribution is -2.76. The second kappa shape index (κ2) is 4.50. The lowest BCUT2D eigenvalue weighted by molar-refractivity contribution is -0.830. The van der Waals surface area contributed by atoms with E-state index in [4.69, 9.17) is 4.84 Å². The molecular weight excluding hydrogens is 170 g/mol. The average molecular weight is 184 g/mol. The molecular formula is C9H14NOS+. The molecule has 0 radical (unpaired) electrons. The van der Waals surface area contributed by atoms with Gasteiger partial charge in [0.1, 0.15) is 0 Å². The minimum atomic E-state index is 1.16. The minimum absolute atomic E-state index is 1.16. The van der Waals surface area contributed by atoms with Gasteiger partial charge in [0.15, 0.2) is 5.69 Å². The first-order chi connectivity index (χ1) is 5.77. The monoisotopic (exact) mass is 184 g/mol. The fourth-order valence-electron chi connectivity index (χ4n) is 0.999. The summed E-state index contributed by atoms with van der Waals surface area (Å²) >= 11 is 1.74. The van der Waals surface area contributed by atoms with E-state index >= 15 is 0 Å². The van der Waals surface area contributed by atoms with Gasteiger partial charge >= 0.3 is 0 Å². The van der Waals surface area contributed by atoms with Crippen molar-refractivity contribution in [1.29, 1.82) is 0 Å². The predicted octanol–water partition coefficient (Wildman–Crippen LogP) is 1.47. The zero-order chi connectivity index (χ0) is 8.97. The van der Waals surface area contributed by atoms with E-state index in [0.717, 1.165) is 5.69 Å². The van der Waals surface area contributed by atoms with Gasteiger partial charge in [-0.05, 0) is 19.2 Å². The van der Waals surface area contributed by atoms with Crippen molar-refractivity contribution in [2.75, 3.05) is 13.4 Å². The Balaban J connectivity index is 2.91. The number of hydrogen-bond donors (Lipinski definition) is 1. The largest absolute Gasteiger partial charge is 0.204 e. The van der Waals surface area contributed by atoms with Crippen LogP contribution in [0, 0.1) is 6.92 Å². The highest BCUT2D eigenvalue weighted by atomic mass is 32.2. The van der Waals surface area contributed by atoms with Crippen LogP contribution in [0.25, 0.3) is 0 Å². The average Bonchev–Trinajstić information content (AvgIpc) is 2.09. The standard InChI is InChI=1S/C9H13NOS/c1-7-4-5-8(12-3)6-9(7)10-11-2/h4-6,10H,1-3H3/p+1. The molecule has 2 nitrogen and oxygen atoms in total. The fourth-order valence-corrected chi connectivity index (χ4v) is 1.45. The van der Waals surface area contributed by atoms with Crippen LogP contribution in [0.4, 0.5) is 5.69 Å². The number of thioether (sulfide) groups is 1. The Hall–Kier alpha value is -0.510. The Kier molecular flexibility index (Phi) is 3.59. The van der Waals surface area contributed by atoms with Crippen LogP contribution in [0.5, 0.6) is 0 Å². The molecule has 2 N–H and O–H groups in total. The highest BCUT2D eigenvalue weighted by molar-refractivity contribution is 7.98. The maximum atomic E-state index is 4.97. The van der Waals surface area contributed by atoms with Crippen LogP contribution >= 0.6 is 11.8 Å². The highest BCUT2D eigenvalue weighted by Crippen LogP contribution is 2.19. The van der Waals surface area contributed by atoms with Gasteiger partial charge in [-0.15, -0.1) is 11.8 Å². The molecule has 12 heavy (non-hydrogen) atoms. The van der Waals surface area contributed by atoms with Crippen molar-refractivity contribution >= 4 is 17.4 Å². The summed E-state index contributed by atoms with van der Waals surface area (Å²) in [7, 11) is 1.67. The molecule has 0 spiro atoms. The van der Waals surface area contributed by atoms with Crippen molar-refractivity contribution in [2.24, 2.45) is 0 Å². The molecule has 0 aliphatic rings. The van der Waals surface area contributed by atoms with E-state index in [-0.39, 0.29) is 0 Å². The second-order valence-corrected chi connectivity index (χ2v) is 3.46. The van der Waals surface area contributed by atoms with Gasteiger partial charge in [0.05, 0.1) is 7.11 Å². The molecule has 1 rings (SSSR count). The number of quaternary nitrogens is 1. The van der Waals surface area contributed by atoms with E-state index in [0.29, 0.717) is 0 Å². The molecule has 0 amide bonds. The third-order valence-electron chi connectivity index (χ3n) is 1.73. The number of benzene rings is 1. The van der Waals surface area contributed by atoms with Gasteiger partial charge in [0.25, 0.3) is 0 Å². The summed E-state index contributed by atoms with van der Waals surface area (Å²) < 4.78 is 0. The smallest absolute Gasteiger partial charge is 0.165 e. The minimum Gasteiger partial charge on any atom is -0.204 e. The quantitative estimate of drug-likeness (QED) is 0.437. The molecule has 0 saturated heterocycles. The summed E-state index contributed by atoms with van der Waals surface area (Å²) in [5, 5.41) is 0. The van der Waals surface area contributed by atoms with Gasteiger partial charge < -0.3 is 0 Å². The summed E-state index contributed by atoms with van der Waals surface area (Å²) in [6.45, 7) is 2.08. The van der Waals surface area contributed by atoms with Crippen LogP contribution in [0.2, 0.25) is 0 Å². The molecule has 1 aromatic carbocycles. The van der Waals surface area contributed by atoms with Crippen LogP contribution in [0.3, 0.4) is 0 Å². The molecule has 3 heteroatoms. The van der Waals surface area contributed by atoms with E-state index < -0.39 is 0 Å². The van der Waals surface area contributed by atoms with Crippen LogP contribution < -0.4 is 5.48 Å². The third kappa shape index (κ3) is 2.24. The van der Waals surface area contributed by atoms with Crippen molar-refractivity contribution in [3.05, 3.63) is 23.8 Å². The lowest BCUT2D eigenvalue weighted by Gasteiger charge is -2.02. The first-order valence-electron chi connectivity index (χ1n) is 3.78. The molecule has 66 valence electrons. The van der Waals surface area contributed by atoms with Gasteiger partial charge in [-0.25, -0.2) is 4.84 Å². The Morgan fingerprint density at radius 3 is 2.75 bits per heavy atom. The molecule has 0 atom stereocenters. The summed E-state index contributed by atoms with van der Waals surface area (Å²) in [6.07, 6.45) is 2.07. The zero-order valence-corrected chi connectivity index (χ0v) is 8.44. The summed E-state index contributed by atoms with van der Waals surface area (Å²) in [6, 6.07) is 6.35. The second-order valence-electron chi connectivity index (χ2n) is 2.58. The Morgan fingerprint density at radius 1 is 1.42 bits per heavy atom. The van der Waals surface area contributed by atoms with Crippen molar-refractivity contribution in [2.45, 2.75) is 11.8 Å². The third-order valence-corrected chi connectivity index (χ3v) is 2.46. The van der Waals surface area contributed by atoms with Crippen molar-refractivity contribution in [3.63, 3.8) is 0 Å². The number of hydrogen-bond acceptors (Lipinski definition) is 2. The normalized spacial score (nSPS) is 10.2. The summed E-state index contributed by atoms with van der Waals surface area (Å²) in [4.78, 5) is 6.24. The van der Waals surface area contributed by atoms with E-state index in [9.17, 15) is 0 Å². The van der Waals surface area contributed by atoms with Crippen molar-refractivity contribution in [3.8, 4) is 0 Å². The molecule has 0 saturated carbocycles. The molecule has 0 bridgehead atoms. The van der Waals surface area contributed by atoms with Gasteiger partial charge in [-0.2, -0.15) is 5.48 Å². The maximum absolute atomic E-state index is 4.97. The Bertz CT molecular complexity index is 263. The van der Waals surface area contributed by atoms with E-state index in [2.05, 4.69) is 31.4 Å². The fraction of sp³-hybridized carbons (Fsp3) is 0.333. The van der Waals surface area contributed by atoms with Crippen LogP contribution in [0.15, 0.2) is 23.1 Å². The zero-order valence-electron chi connectivity index (χ0n) is 7.63. The molecule has 0 aliphatic carbocycles. The van der Waals surface area contributed by atoms with Crippen LogP contribution in [0.1, 0.15) is 5.56 Å². The first-order valence-corrected chi connectivity index (χ1v) is 5.01. The molecule has 0 heterocycles. The number of nitrogens with two attached hydrogens (primary N) is 1. The Labute approximate surface area is 77.3 Å². The van der Waals surface area contributed by atoms with Crippen LogP contribution in [-0.4, -0.2) is 13.4 Å². The van der Waals surface area contributed by atoms with E-state index in [1.807, 2.05) is 0 Å². The van der Waals surface area contributed by atoms with E-state index in [1.165, 1.54) is 10.5 Å². The molecule has 0 fully saturated rings. The summed E-state index contributed by atoms with van der Waals surface area (Å²) in [5.74, 6) is 0. The van der Waals surface area contributed by atoms with Gasteiger partial charge in [-0.3, -0.25) is 0 Å². The Morgan fingerprint density at radius 2 is 2.17 bits per heavy atom. The first kappa shape index (κ1) is 9.58.